The van der Waals surface area contributed by atoms with Crippen LogP contribution in [0.3, 0.4) is 0 Å². The van der Waals surface area contributed by atoms with E-state index in [0.29, 0.717) is 6.04 Å². The summed E-state index contributed by atoms with van der Waals surface area (Å²) in [5.74, 6) is 1.77. The molecule has 2 aromatic heterocycles. The second-order valence-corrected chi connectivity index (χ2v) is 6.20. The number of para-hydroxylation sites is 1. The van der Waals surface area contributed by atoms with Crippen molar-refractivity contribution >= 4 is 16.7 Å². The highest BCUT2D eigenvalue weighted by Gasteiger charge is 2.39. The molecule has 0 unspecified atom stereocenters. The third-order valence-corrected chi connectivity index (χ3v) is 4.92. The molecule has 2 N–H and O–H groups in total. The number of benzene rings is 1. The Hall–Kier alpha value is -2.40. The van der Waals surface area contributed by atoms with Gasteiger partial charge in [0.25, 0.3) is 0 Å². The predicted molar refractivity (Wildman–Crippen MR) is 86.8 cm³/mol. The molecule has 2 aliphatic rings. The van der Waals surface area contributed by atoms with Gasteiger partial charge >= 0.3 is 0 Å². The molecule has 2 fully saturated rings. The van der Waals surface area contributed by atoms with E-state index in [0.717, 1.165) is 48.1 Å². The first-order chi connectivity index (χ1) is 10.9. The summed E-state index contributed by atoms with van der Waals surface area (Å²) in [5.41, 5.74) is 3.16. The van der Waals surface area contributed by atoms with Crippen molar-refractivity contribution in [2.75, 3.05) is 24.5 Å². The molecule has 0 spiro atoms. The van der Waals surface area contributed by atoms with Crippen LogP contribution in [0.1, 0.15) is 0 Å². The average Bonchev–Trinajstić information content (AvgIpc) is 3.10. The minimum Gasteiger partial charge on any atom is -0.360 e. The van der Waals surface area contributed by atoms with Crippen LogP contribution in [0.25, 0.3) is 22.2 Å². The van der Waals surface area contributed by atoms with Crippen molar-refractivity contribution in [1.82, 2.24) is 20.5 Å². The zero-order valence-corrected chi connectivity index (χ0v) is 12.2. The first-order valence-corrected chi connectivity index (χ1v) is 7.77. The lowest BCUT2D eigenvalue weighted by molar-refractivity contribution is 0.297. The molecule has 5 heteroatoms. The van der Waals surface area contributed by atoms with Crippen LogP contribution in [0, 0.1) is 5.92 Å². The van der Waals surface area contributed by atoms with Gasteiger partial charge in [-0.3, -0.25) is 0 Å². The van der Waals surface area contributed by atoms with E-state index in [2.05, 4.69) is 55.7 Å². The van der Waals surface area contributed by atoms with E-state index in [-0.39, 0.29) is 0 Å². The number of aromatic nitrogens is 3. The maximum absolute atomic E-state index is 4.45. The minimum absolute atomic E-state index is 0.648. The quantitative estimate of drug-likeness (QED) is 0.758. The Labute approximate surface area is 128 Å². The molecule has 0 radical (unpaired) electrons. The van der Waals surface area contributed by atoms with E-state index in [9.17, 15) is 0 Å². The fourth-order valence-electron chi connectivity index (χ4n) is 3.56. The highest BCUT2D eigenvalue weighted by molar-refractivity contribution is 5.94. The van der Waals surface area contributed by atoms with Crippen molar-refractivity contribution in [3.8, 4) is 11.3 Å². The Morgan fingerprint density at radius 1 is 1.05 bits per heavy atom. The van der Waals surface area contributed by atoms with Crippen LogP contribution >= 0.6 is 0 Å². The average molecular weight is 291 g/mol. The van der Waals surface area contributed by atoms with Gasteiger partial charge in [-0.15, -0.1) is 10.2 Å². The fraction of sp³-hybridized carbons (Fsp3) is 0.294. The summed E-state index contributed by atoms with van der Waals surface area (Å²) >= 11 is 0. The van der Waals surface area contributed by atoms with E-state index in [1.54, 1.807) is 0 Å². The molecule has 0 aliphatic carbocycles. The lowest BCUT2D eigenvalue weighted by Crippen LogP contribution is -2.51. The van der Waals surface area contributed by atoms with Crippen LogP contribution in [0.5, 0.6) is 0 Å². The molecular weight excluding hydrogens is 274 g/mol. The number of aromatic amines is 1. The number of nitrogens with zero attached hydrogens (tertiary/aromatic N) is 3. The third-order valence-electron chi connectivity index (χ3n) is 4.92. The van der Waals surface area contributed by atoms with Crippen molar-refractivity contribution in [2.24, 2.45) is 5.92 Å². The Morgan fingerprint density at radius 2 is 2.00 bits per heavy atom. The number of hydrogen-bond donors (Lipinski definition) is 2. The molecule has 0 amide bonds. The molecule has 2 aliphatic heterocycles. The highest BCUT2D eigenvalue weighted by atomic mass is 15.3. The van der Waals surface area contributed by atoms with Crippen LogP contribution in [-0.4, -0.2) is 40.9 Å². The maximum atomic E-state index is 4.45. The monoisotopic (exact) mass is 291 g/mol. The fourth-order valence-corrected chi connectivity index (χ4v) is 3.56. The highest BCUT2D eigenvalue weighted by Crippen LogP contribution is 2.29. The SMILES string of the molecule is c1ccc2c(-c3ccc(N4C[C@H]5CN[C@H]5C4)nn3)c[nH]c2c1. The van der Waals surface area contributed by atoms with Gasteiger partial charge in [0.2, 0.25) is 0 Å². The Bertz CT molecular complexity index is 810. The molecular formula is C17H17N5. The Kier molecular flexibility index (Phi) is 2.52. The largest absolute Gasteiger partial charge is 0.360 e. The topological polar surface area (TPSA) is 56.8 Å². The van der Waals surface area contributed by atoms with Gasteiger partial charge in [0.1, 0.15) is 0 Å². The summed E-state index contributed by atoms with van der Waals surface area (Å²) in [6.45, 7) is 3.28. The van der Waals surface area contributed by atoms with Crippen LogP contribution in [-0.2, 0) is 0 Å². The summed E-state index contributed by atoms with van der Waals surface area (Å²) in [6.07, 6.45) is 2.01. The molecule has 110 valence electrons. The molecule has 3 aromatic rings. The predicted octanol–water partition coefficient (Wildman–Crippen LogP) is 2.03. The maximum Gasteiger partial charge on any atom is 0.151 e. The standard InChI is InChI=1S/C17H17N5/c1-2-4-14-12(3-1)13(8-19-14)15-5-6-17(21-20-15)22-9-11-7-18-16(11)10-22/h1-6,8,11,16,18-19H,7,9-10H2/t11-,16+/m1/s1. The summed E-state index contributed by atoms with van der Waals surface area (Å²) in [4.78, 5) is 5.62. The van der Waals surface area contributed by atoms with E-state index in [1.807, 2.05) is 12.3 Å². The van der Waals surface area contributed by atoms with Gasteiger partial charge in [0.05, 0.1) is 5.69 Å². The van der Waals surface area contributed by atoms with Crippen molar-refractivity contribution in [1.29, 1.82) is 0 Å². The van der Waals surface area contributed by atoms with Crippen LogP contribution in [0.2, 0.25) is 0 Å². The van der Waals surface area contributed by atoms with E-state index in [4.69, 9.17) is 0 Å². The van der Waals surface area contributed by atoms with Crippen molar-refractivity contribution in [3.05, 3.63) is 42.6 Å². The second-order valence-electron chi connectivity index (χ2n) is 6.20. The zero-order valence-electron chi connectivity index (χ0n) is 12.2. The Morgan fingerprint density at radius 3 is 2.73 bits per heavy atom. The summed E-state index contributed by atoms with van der Waals surface area (Å²) < 4.78 is 0. The smallest absolute Gasteiger partial charge is 0.151 e. The van der Waals surface area contributed by atoms with Gasteiger partial charge in [-0.25, -0.2) is 0 Å². The number of H-pyrrole nitrogens is 1. The summed E-state index contributed by atoms with van der Waals surface area (Å²) in [5, 5.41) is 13.6. The van der Waals surface area contributed by atoms with Crippen LogP contribution < -0.4 is 10.2 Å². The van der Waals surface area contributed by atoms with Gasteiger partial charge in [0.15, 0.2) is 5.82 Å². The van der Waals surface area contributed by atoms with E-state index >= 15 is 0 Å². The van der Waals surface area contributed by atoms with Gasteiger partial charge in [-0.1, -0.05) is 18.2 Å². The molecule has 1 aromatic carbocycles. The van der Waals surface area contributed by atoms with E-state index < -0.39 is 0 Å². The van der Waals surface area contributed by atoms with Crippen LogP contribution in [0.15, 0.2) is 42.6 Å². The lowest BCUT2D eigenvalue weighted by atomic mass is 9.96. The van der Waals surface area contributed by atoms with Gasteiger partial charge < -0.3 is 15.2 Å². The number of anilines is 1. The van der Waals surface area contributed by atoms with Gasteiger partial charge in [0, 0.05) is 54.3 Å². The minimum atomic E-state index is 0.648. The molecule has 22 heavy (non-hydrogen) atoms. The molecule has 2 saturated heterocycles. The Balaban J connectivity index is 1.47. The number of rotatable bonds is 2. The van der Waals surface area contributed by atoms with Gasteiger partial charge in [-0.2, -0.15) is 0 Å². The van der Waals surface area contributed by atoms with E-state index in [1.165, 1.54) is 5.39 Å². The van der Waals surface area contributed by atoms with Crippen molar-refractivity contribution in [2.45, 2.75) is 6.04 Å². The first-order valence-electron chi connectivity index (χ1n) is 7.77. The third kappa shape index (κ3) is 1.75. The second kappa shape index (κ2) is 4.55. The molecule has 2 atom stereocenters. The number of hydrogen-bond acceptors (Lipinski definition) is 4. The van der Waals surface area contributed by atoms with Crippen molar-refractivity contribution < 1.29 is 0 Å². The zero-order chi connectivity index (χ0) is 14.5. The molecule has 5 nitrogen and oxygen atoms in total. The number of fused-ring (bicyclic) bond motifs is 2. The van der Waals surface area contributed by atoms with Crippen molar-refractivity contribution in [3.63, 3.8) is 0 Å². The summed E-state index contributed by atoms with van der Waals surface area (Å²) in [7, 11) is 0. The first kappa shape index (κ1) is 12.2. The summed E-state index contributed by atoms with van der Waals surface area (Å²) in [6, 6.07) is 13.1. The molecule has 0 bridgehead atoms. The normalized spacial score (nSPS) is 23.5. The molecule has 5 rings (SSSR count). The lowest BCUT2D eigenvalue weighted by Gasteiger charge is -2.29. The van der Waals surface area contributed by atoms with Gasteiger partial charge in [-0.05, 0) is 18.2 Å². The molecule has 0 saturated carbocycles. The van der Waals surface area contributed by atoms with Crippen LogP contribution in [0.4, 0.5) is 5.82 Å². The molecule has 4 heterocycles. The number of nitrogens with one attached hydrogen (secondary N) is 2.